The molecule has 15 heteroatoms. The molecular formula is C43H46F4N6O4S. The minimum absolute atomic E-state index is 0.0125. The fourth-order valence-corrected chi connectivity index (χ4v) is 8.66. The highest BCUT2D eigenvalue weighted by Gasteiger charge is 2.51. The molecule has 3 heterocycles. The number of Topliss-reactive ketones (excluding diaryl/α,β-unsaturated/α-hetero) is 1. The first-order chi connectivity index (χ1) is 27.5. The Balaban J connectivity index is 1.00. The van der Waals surface area contributed by atoms with Crippen molar-refractivity contribution >= 4 is 52.2 Å². The van der Waals surface area contributed by atoms with E-state index in [0.717, 1.165) is 80.1 Å². The number of halogens is 4. The molecule has 3 saturated heterocycles. The minimum atomic E-state index is -4.79. The number of nitriles is 1. The average Bonchev–Trinajstić information content (AvgIpc) is 3.34. The summed E-state index contributed by atoms with van der Waals surface area (Å²) in [6.45, 7) is 9.59. The van der Waals surface area contributed by atoms with Crippen LogP contribution in [-0.2, 0) is 51.0 Å². The van der Waals surface area contributed by atoms with Crippen LogP contribution >= 0.6 is 12.2 Å². The van der Waals surface area contributed by atoms with E-state index in [-0.39, 0.29) is 47.8 Å². The highest BCUT2D eigenvalue weighted by Crippen LogP contribution is 2.40. The maximum atomic E-state index is 14.5. The molecule has 1 N–H and O–H groups in total. The number of piperidine rings is 1. The van der Waals surface area contributed by atoms with Crippen LogP contribution in [-0.4, -0.2) is 83.2 Å². The lowest BCUT2D eigenvalue weighted by atomic mass is 9.90. The number of nitrogens with one attached hydrogen (secondary N) is 1. The van der Waals surface area contributed by atoms with Gasteiger partial charge in [0.05, 0.1) is 29.4 Å². The molecule has 0 aromatic heterocycles. The molecule has 0 aliphatic carbocycles. The number of thiocarbonyl (C=S) groups is 1. The molecule has 0 radical (unpaired) electrons. The summed E-state index contributed by atoms with van der Waals surface area (Å²) in [7, 11) is 0. The van der Waals surface area contributed by atoms with Crippen LogP contribution in [0.5, 0.6) is 0 Å². The molecule has 0 bridgehead atoms. The lowest BCUT2D eigenvalue weighted by Crippen LogP contribution is -2.48. The summed E-state index contributed by atoms with van der Waals surface area (Å²) in [5.41, 5.74) is 1.17. The fourth-order valence-electron chi connectivity index (χ4n) is 8.14. The van der Waals surface area contributed by atoms with Gasteiger partial charge in [-0.3, -0.25) is 34.3 Å². The highest BCUT2D eigenvalue weighted by atomic mass is 32.1. The Hall–Kier alpha value is -5.04. The first kappa shape index (κ1) is 42.6. The quantitative estimate of drug-likeness (QED) is 0.123. The SMILES string of the molecule is CCc1cc(N2C(=S)N(c3ccc(C#N)c(C(F)(F)F)c3)C(=O)C2(C)C)ccc1CCCN1CCN(CC(=O)Cc2cc(F)cc(CC3CCC(=O)NC3=O)c2)CC1. The summed E-state index contributed by atoms with van der Waals surface area (Å²) >= 11 is 5.73. The Labute approximate surface area is 340 Å². The van der Waals surface area contributed by atoms with E-state index in [9.17, 15) is 42.0 Å². The predicted octanol–water partition coefficient (Wildman–Crippen LogP) is 6.15. The van der Waals surface area contributed by atoms with Crippen LogP contribution in [0.1, 0.15) is 73.4 Å². The number of alkyl halides is 3. The summed E-state index contributed by atoms with van der Waals surface area (Å²) in [6.07, 6.45) is -1.30. The molecule has 3 aromatic rings. The molecule has 3 amide bonds. The van der Waals surface area contributed by atoms with E-state index in [1.165, 1.54) is 18.2 Å². The second-order valence-corrected chi connectivity index (χ2v) is 16.1. The number of hydrogen-bond donors (Lipinski definition) is 1. The van der Waals surface area contributed by atoms with Gasteiger partial charge in [-0.2, -0.15) is 18.4 Å². The summed E-state index contributed by atoms with van der Waals surface area (Å²) in [6, 6.07) is 15.1. The third kappa shape index (κ3) is 9.46. The lowest BCUT2D eigenvalue weighted by molar-refractivity contribution is -0.138. The number of benzene rings is 3. The van der Waals surface area contributed by atoms with Gasteiger partial charge in [0, 0.05) is 50.6 Å². The van der Waals surface area contributed by atoms with Crippen molar-refractivity contribution in [3.05, 3.63) is 93.8 Å². The number of hydrogen-bond acceptors (Lipinski definition) is 8. The van der Waals surface area contributed by atoms with E-state index < -0.39 is 40.5 Å². The Morgan fingerprint density at radius 2 is 1.64 bits per heavy atom. The van der Waals surface area contributed by atoms with Crippen molar-refractivity contribution in [3.8, 4) is 6.07 Å². The molecule has 1 unspecified atom stereocenters. The molecule has 3 aromatic carbocycles. The van der Waals surface area contributed by atoms with Gasteiger partial charge in [-0.25, -0.2) is 4.39 Å². The molecular weight excluding hydrogens is 773 g/mol. The number of amides is 3. The fraction of sp³-hybridized carbons (Fsp3) is 0.442. The van der Waals surface area contributed by atoms with Gasteiger partial charge in [0.15, 0.2) is 10.9 Å². The van der Waals surface area contributed by atoms with Crippen molar-refractivity contribution in [2.24, 2.45) is 5.92 Å². The second kappa shape index (κ2) is 17.4. The van der Waals surface area contributed by atoms with Crippen LogP contribution in [0.25, 0.3) is 0 Å². The van der Waals surface area contributed by atoms with Gasteiger partial charge in [0.2, 0.25) is 11.8 Å². The molecule has 58 heavy (non-hydrogen) atoms. The number of nitrogens with zero attached hydrogens (tertiary/aromatic N) is 5. The first-order valence-electron chi connectivity index (χ1n) is 19.5. The maximum absolute atomic E-state index is 14.5. The average molecular weight is 819 g/mol. The zero-order chi connectivity index (χ0) is 41.9. The van der Waals surface area contributed by atoms with Crippen LogP contribution in [0.3, 0.4) is 0 Å². The Morgan fingerprint density at radius 3 is 2.31 bits per heavy atom. The summed E-state index contributed by atoms with van der Waals surface area (Å²) in [5.74, 6) is -2.01. The maximum Gasteiger partial charge on any atom is 0.417 e. The van der Waals surface area contributed by atoms with Gasteiger partial charge in [-0.15, -0.1) is 0 Å². The zero-order valence-electron chi connectivity index (χ0n) is 32.8. The minimum Gasteiger partial charge on any atom is -0.304 e. The van der Waals surface area contributed by atoms with Gasteiger partial charge in [0.25, 0.3) is 5.91 Å². The van der Waals surface area contributed by atoms with Crippen LogP contribution < -0.4 is 15.1 Å². The Bertz CT molecular complexity index is 2160. The molecule has 3 fully saturated rings. The smallest absolute Gasteiger partial charge is 0.304 e. The van der Waals surface area contributed by atoms with E-state index >= 15 is 0 Å². The second-order valence-electron chi connectivity index (χ2n) is 15.7. The third-order valence-corrected chi connectivity index (χ3v) is 11.6. The van der Waals surface area contributed by atoms with E-state index in [2.05, 4.69) is 15.1 Å². The zero-order valence-corrected chi connectivity index (χ0v) is 33.6. The molecule has 0 saturated carbocycles. The van der Waals surface area contributed by atoms with E-state index in [4.69, 9.17) is 12.2 Å². The van der Waals surface area contributed by atoms with Crippen LogP contribution in [0.2, 0.25) is 0 Å². The van der Waals surface area contributed by atoms with Gasteiger partial charge in [-0.1, -0.05) is 19.1 Å². The monoisotopic (exact) mass is 818 g/mol. The van der Waals surface area contributed by atoms with Crippen LogP contribution in [0.15, 0.2) is 54.6 Å². The largest absolute Gasteiger partial charge is 0.417 e. The molecule has 1 atom stereocenters. The van der Waals surface area contributed by atoms with Gasteiger partial charge in [0.1, 0.15) is 11.4 Å². The van der Waals surface area contributed by atoms with Gasteiger partial charge >= 0.3 is 6.18 Å². The van der Waals surface area contributed by atoms with Crippen molar-refractivity contribution in [1.29, 1.82) is 5.26 Å². The van der Waals surface area contributed by atoms with Crippen molar-refractivity contribution in [1.82, 2.24) is 15.1 Å². The molecule has 0 spiro atoms. The summed E-state index contributed by atoms with van der Waals surface area (Å²) in [4.78, 5) is 57.6. The van der Waals surface area contributed by atoms with Crippen LogP contribution in [0, 0.1) is 23.1 Å². The van der Waals surface area contributed by atoms with Crippen molar-refractivity contribution in [3.63, 3.8) is 0 Å². The summed E-state index contributed by atoms with van der Waals surface area (Å²) < 4.78 is 55.8. The topological polar surface area (TPSA) is 117 Å². The third-order valence-electron chi connectivity index (χ3n) is 11.2. The number of piperazine rings is 1. The Morgan fingerprint density at radius 1 is 0.948 bits per heavy atom. The first-order valence-corrected chi connectivity index (χ1v) is 19.9. The molecule has 306 valence electrons. The number of carbonyl (C=O) groups excluding carboxylic acids is 4. The number of rotatable bonds is 13. The number of imide groups is 1. The van der Waals surface area contributed by atoms with Crippen LogP contribution in [0.4, 0.5) is 28.9 Å². The van der Waals surface area contributed by atoms with Crippen molar-refractivity contribution in [2.45, 2.75) is 77.4 Å². The number of carbonyl (C=O) groups is 4. The van der Waals surface area contributed by atoms with Crippen molar-refractivity contribution in [2.75, 3.05) is 49.1 Å². The standard InChI is InChI=1S/C43H46F4N6O4S/c1-4-29-23-35(53-41(58)52(40(57)42(53,2)3)34-10-8-32(25-48)37(24-34)43(45,46)47)11-7-30(29)6-5-13-50-14-16-51(17-15-50)26-36(54)22-28-18-27(20-33(44)21-28)19-31-9-12-38(55)49-39(31)56/h7-8,10-11,18,20-21,23-24,31H,4-6,9,12-17,19,22,26H2,1-3H3,(H,49,55,56). The number of aryl methyl sites for hydroxylation is 2. The molecule has 3 aliphatic heterocycles. The van der Waals surface area contributed by atoms with E-state index in [0.29, 0.717) is 29.7 Å². The van der Waals surface area contributed by atoms with Gasteiger partial charge in [-0.05, 0) is 129 Å². The molecule has 3 aliphatic rings. The number of anilines is 2. The lowest BCUT2D eigenvalue weighted by Gasteiger charge is -2.34. The van der Waals surface area contributed by atoms with Gasteiger partial charge < -0.3 is 9.80 Å². The molecule has 6 rings (SSSR count). The summed E-state index contributed by atoms with van der Waals surface area (Å²) in [5, 5.41) is 11.6. The Kier molecular flexibility index (Phi) is 12.8. The van der Waals surface area contributed by atoms with E-state index in [1.807, 2.05) is 25.1 Å². The normalized spacial score (nSPS) is 19.1. The molecule has 10 nitrogen and oxygen atoms in total. The van der Waals surface area contributed by atoms with E-state index in [1.54, 1.807) is 30.9 Å². The van der Waals surface area contributed by atoms with Crippen molar-refractivity contribution < 1.29 is 36.7 Å². The number of ketones is 1. The predicted molar refractivity (Wildman–Crippen MR) is 215 cm³/mol. The highest BCUT2D eigenvalue weighted by molar-refractivity contribution is 7.81.